The van der Waals surface area contributed by atoms with Gasteiger partial charge in [0, 0.05) is 0 Å². The van der Waals surface area contributed by atoms with Crippen molar-refractivity contribution >= 4 is 38.6 Å². The zero-order chi connectivity index (χ0) is 9.90. The second-order valence-electron chi connectivity index (χ2n) is 3.53. The minimum Gasteiger partial charge on any atom is -0.444 e. The Morgan fingerprint density at radius 2 is 2.38 bits per heavy atom. The molecule has 4 nitrogen and oxygen atoms in total. The van der Waals surface area contributed by atoms with E-state index in [4.69, 9.17) is 4.74 Å². The maximum atomic E-state index is 11.2. The van der Waals surface area contributed by atoms with Gasteiger partial charge in [0.1, 0.15) is 11.8 Å². The van der Waals surface area contributed by atoms with Crippen LogP contribution in [0.25, 0.3) is 0 Å². The van der Waals surface area contributed by atoms with Gasteiger partial charge in [0.2, 0.25) is 0 Å². The van der Waals surface area contributed by atoms with E-state index in [1.165, 1.54) is 0 Å². The van der Waals surface area contributed by atoms with Crippen LogP contribution in [-0.2, 0) is 4.74 Å². The van der Waals surface area contributed by atoms with Gasteiger partial charge in [0.15, 0.2) is 0 Å². The zero-order valence-corrected chi connectivity index (χ0v) is 10.7. The number of ether oxygens (including phenoxy) is 1. The second-order valence-corrected chi connectivity index (χ2v) is 7.67. The van der Waals surface area contributed by atoms with Crippen molar-refractivity contribution in [1.82, 2.24) is 10.0 Å². The fourth-order valence-electron chi connectivity index (χ4n) is 0.672. The van der Waals surface area contributed by atoms with Crippen molar-refractivity contribution in [1.29, 1.82) is 0 Å². The van der Waals surface area contributed by atoms with Gasteiger partial charge in [-0.25, -0.2) is 9.52 Å². The van der Waals surface area contributed by atoms with Gasteiger partial charge in [-0.05, 0) is 53.2 Å². The van der Waals surface area contributed by atoms with Crippen molar-refractivity contribution in [2.24, 2.45) is 0 Å². The van der Waals surface area contributed by atoms with Crippen LogP contribution in [-0.4, -0.2) is 21.9 Å². The van der Waals surface area contributed by atoms with Gasteiger partial charge in [-0.1, -0.05) is 0 Å². The highest BCUT2D eigenvalue weighted by atomic mass is 127. The zero-order valence-electron chi connectivity index (χ0n) is 7.76. The first kappa shape index (κ1) is 11.3. The van der Waals surface area contributed by atoms with Crippen LogP contribution in [0.1, 0.15) is 20.8 Å². The summed E-state index contributed by atoms with van der Waals surface area (Å²) in [5, 5.41) is 2.71. The van der Waals surface area contributed by atoms with Gasteiger partial charge < -0.3 is 10.1 Å². The summed E-state index contributed by atoms with van der Waals surface area (Å²) in [5.74, 6) is 0. The largest absolute Gasteiger partial charge is 0.444 e. The van der Waals surface area contributed by atoms with Crippen molar-refractivity contribution < 1.29 is 9.53 Å². The number of carbonyl (C=O) groups excluding carboxylic acids is 1. The Morgan fingerprint density at radius 3 is 2.85 bits per heavy atom. The molecule has 0 aromatic heterocycles. The predicted molar refractivity (Wildman–Crippen MR) is 64.0 cm³/mol. The molecule has 1 atom stereocenters. The Labute approximate surface area is 90.5 Å². The monoisotopic (exact) mass is 316 g/mol. The Bertz CT molecular complexity index is 227. The lowest BCUT2D eigenvalue weighted by Crippen LogP contribution is -2.44. The fourth-order valence-corrected chi connectivity index (χ4v) is 4.29. The van der Waals surface area contributed by atoms with Crippen molar-refractivity contribution in [3.8, 4) is 0 Å². The topological polar surface area (TPSA) is 50.4 Å². The van der Waals surface area contributed by atoms with Gasteiger partial charge in [-0.3, -0.25) is 0 Å². The van der Waals surface area contributed by atoms with E-state index >= 15 is 0 Å². The fraction of sp³-hybridized carbons (Fsp3) is 0.714. The second kappa shape index (κ2) is 4.61. The van der Waals surface area contributed by atoms with Gasteiger partial charge in [0.25, 0.3) is 0 Å². The number of nitrogens with one attached hydrogen (secondary N) is 2. The molecule has 13 heavy (non-hydrogen) atoms. The summed E-state index contributed by atoms with van der Waals surface area (Å²) in [6, 6.07) is 0. The summed E-state index contributed by atoms with van der Waals surface area (Å²) in [5.41, 5.74) is -0.426. The molecule has 1 heterocycles. The minimum absolute atomic E-state index is 0.0207. The lowest BCUT2D eigenvalue weighted by Gasteiger charge is -2.20. The molecular weight excluding hydrogens is 303 g/mol. The first-order valence-electron chi connectivity index (χ1n) is 3.85. The number of hydrogen-bond acceptors (Lipinski definition) is 4. The normalized spacial score (nSPS) is 22.2. The number of hydrogen-bond donors (Lipinski definition) is 2. The quantitative estimate of drug-likeness (QED) is 0.572. The van der Waals surface area contributed by atoms with Crippen LogP contribution in [0.15, 0.2) is 0 Å². The van der Waals surface area contributed by atoms with Crippen LogP contribution in [0, 0.1) is 0 Å². The van der Waals surface area contributed by atoms with E-state index in [1.54, 1.807) is 9.12 Å². The molecule has 0 saturated heterocycles. The van der Waals surface area contributed by atoms with E-state index < -0.39 is 5.60 Å². The van der Waals surface area contributed by atoms with Gasteiger partial charge in [-0.2, -0.15) is 0 Å². The smallest absolute Gasteiger partial charge is 0.409 e. The van der Waals surface area contributed by atoms with Crippen LogP contribution in [0.2, 0.25) is 0 Å². The highest BCUT2D eigenvalue weighted by molar-refractivity contribution is 14.2. The third-order valence-electron chi connectivity index (χ3n) is 1.07. The molecule has 1 rings (SSSR count). The van der Waals surface area contributed by atoms with E-state index in [0.717, 1.165) is 0 Å². The van der Waals surface area contributed by atoms with E-state index in [-0.39, 0.29) is 31.6 Å². The summed E-state index contributed by atoms with van der Waals surface area (Å²) >= 11 is 0.0463. The molecular formula is C7H13IN2O2S. The molecule has 0 fully saturated rings. The van der Waals surface area contributed by atoms with Gasteiger partial charge >= 0.3 is 6.09 Å². The number of halogens is 1. The SMILES string of the molecule is CC(C)(C)OC(=O)NC1C=ISN1. The molecule has 1 aliphatic heterocycles. The van der Waals surface area contributed by atoms with Crippen LogP contribution in [0.5, 0.6) is 0 Å². The molecule has 0 radical (unpaired) electrons. The molecule has 2 N–H and O–H groups in total. The lowest BCUT2D eigenvalue weighted by atomic mass is 10.2. The Balaban J connectivity index is 2.29. The number of carbonyl (C=O) groups is 1. The number of amides is 1. The highest BCUT2D eigenvalue weighted by Crippen LogP contribution is 2.21. The third kappa shape index (κ3) is 4.82. The molecule has 0 spiro atoms. The molecule has 0 aliphatic carbocycles. The van der Waals surface area contributed by atoms with Crippen molar-refractivity contribution in [3.63, 3.8) is 0 Å². The van der Waals surface area contributed by atoms with Gasteiger partial charge in [-0.15, -0.1) is 0 Å². The van der Waals surface area contributed by atoms with E-state index in [1.807, 2.05) is 20.8 Å². The average Bonchev–Trinajstić information content (AvgIpc) is 2.34. The summed E-state index contributed by atoms with van der Waals surface area (Å²) in [7, 11) is 1.68. The number of rotatable bonds is 1. The third-order valence-corrected chi connectivity index (χ3v) is 4.73. The van der Waals surface area contributed by atoms with E-state index in [0.29, 0.717) is 0 Å². The minimum atomic E-state index is -0.426. The first-order valence-corrected chi connectivity index (χ1v) is 8.45. The van der Waals surface area contributed by atoms with Crippen molar-refractivity contribution in [3.05, 3.63) is 0 Å². The van der Waals surface area contributed by atoms with Crippen molar-refractivity contribution in [2.75, 3.05) is 0 Å². The molecule has 0 saturated carbocycles. The Hall–Kier alpha value is 0.180. The molecule has 1 aliphatic rings. The molecule has 0 bridgehead atoms. The summed E-state index contributed by atoms with van der Waals surface area (Å²) < 4.78 is 10.3. The lowest BCUT2D eigenvalue weighted by molar-refractivity contribution is 0.0518. The Kier molecular flexibility index (Phi) is 3.99. The first-order chi connectivity index (χ1) is 5.97. The maximum Gasteiger partial charge on any atom is 0.409 e. The summed E-state index contributed by atoms with van der Waals surface area (Å²) in [6.07, 6.45) is -0.389. The predicted octanol–water partition coefficient (Wildman–Crippen LogP) is 1.78. The van der Waals surface area contributed by atoms with Crippen LogP contribution < -0.4 is 10.0 Å². The van der Waals surface area contributed by atoms with E-state index in [9.17, 15) is 4.79 Å². The van der Waals surface area contributed by atoms with Crippen LogP contribution in [0.3, 0.4) is 0 Å². The van der Waals surface area contributed by atoms with Crippen LogP contribution in [0.4, 0.5) is 4.79 Å². The molecule has 1 unspecified atom stereocenters. The molecule has 0 aromatic carbocycles. The van der Waals surface area contributed by atoms with Gasteiger partial charge in [0.05, 0.1) is 0 Å². The standard InChI is InChI=1S/C7H13IN2O2S/c1-7(2,3)12-6(11)9-5-4-8-13-10-5/h4-5,10H,1-3H3,(H,9,11). The number of alkyl carbamates (subject to hydrolysis) is 1. The van der Waals surface area contributed by atoms with Crippen molar-refractivity contribution in [2.45, 2.75) is 32.5 Å². The van der Waals surface area contributed by atoms with Crippen LogP contribution >= 0.6 is 28.5 Å². The molecule has 1 amide bonds. The average molecular weight is 316 g/mol. The highest BCUT2D eigenvalue weighted by Gasteiger charge is 2.19. The molecule has 76 valence electrons. The summed E-state index contributed by atoms with van der Waals surface area (Å²) in [4.78, 5) is 11.2. The maximum absolute atomic E-state index is 11.2. The summed E-state index contributed by atoms with van der Waals surface area (Å²) in [6.45, 7) is 5.54. The molecule has 0 aromatic rings. The molecule has 6 heteroatoms. The van der Waals surface area contributed by atoms with E-state index in [2.05, 4.69) is 14.1 Å². The Morgan fingerprint density at radius 1 is 1.69 bits per heavy atom.